The lowest BCUT2D eigenvalue weighted by molar-refractivity contribution is -0.137. The molecule has 4 rings (SSSR count). The Bertz CT molecular complexity index is 1350. The van der Waals surface area contributed by atoms with Crippen molar-refractivity contribution in [2.75, 3.05) is 12.0 Å². The summed E-state index contributed by atoms with van der Waals surface area (Å²) in [6.45, 7) is 0.144. The molecule has 0 saturated heterocycles. The first-order valence-corrected chi connectivity index (χ1v) is 11.4. The first-order valence-electron chi connectivity index (χ1n) is 8.73. The monoisotopic (exact) mass is 468 g/mol. The smallest absolute Gasteiger partial charge is 0.383 e. The quantitative estimate of drug-likeness (QED) is 0.465. The van der Waals surface area contributed by atoms with Crippen molar-refractivity contribution in [3.63, 3.8) is 0 Å². The number of aromatic nitrogens is 4. The number of benzene rings is 1. The molecule has 3 aromatic heterocycles. The highest BCUT2D eigenvalue weighted by Crippen LogP contribution is 2.35. The van der Waals surface area contributed by atoms with E-state index in [1.54, 1.807) is 18.2 Å². The van der Waals surface area contributed by atoms with E-state index in [2.05, 4.69) is 19.8 Å². The van der Waals surface area contributed by atoms with Crippen LogP contribution in [-0.2, 0) is 22.7 Å². The van der Waals surface area contributed by atoms with Gasteiger partial charge in [-0.05, 0) is 17.7 Å². The van der Waals surface area contributed by atoms with Gasteiger partial charge in [0.2, 0.25) is 15.0 Å². The highest BCUT2D eigenvalue weighted by atomic mass is 32.2. The van der Waals surface area contributed by atoms with Gasteiger partial charge < -0.3 is 5.73 Å². The number of hydrogen-bond donors (Lipinski definition) is 2. The van der Waals surface area contributed by atoms with Crippen LogP contribution < -0.4 is 10.5 Å². The summed E-state index contributed by atoms with van der Waals surface area (Å²) in [5, 5.41) is 5.06. The number of nitrogens with zero attached hydrogens (tertiary/aromatic N) is 4. The SMILES string of the molecule is CS(=O)(=O)NCc1cccc(-c2nn3cc(-c4cnc(N)c(C(F)(F)F)c4)nc3s2)c1. The number of anilines is 1. The van der Waals surface area contributed by atoms with E-state index < -0.39 is 27.6 Å². The summed E-state index contributed by atoms with van der Waals surface area (Å²) in [6.07, 6.45) is -0.793. The number of nitrogens with two attached hydrogens (primary N) is 1. The average Bonchev–Trinajstić information content (AvgIpc) is 3.25. The van der Waals surface area contributed by atoms with E-state index in [9.17, 15) is 21.6 Å². The molecule has 0 aliphatic carbocycles. The molecule has 13 heteroatoms. The van der Waals surface area contributed by atoms with Gasteiger partial charge in [0.1, 0.15) is 10.8 Å². The van der Waals surface area contributed by atoms with Crippen molar-refractivity contribution in [1.29, 1.82) is 0 Å². The molecule has 0 saturated carbocycles. The molecule has 4 aromatic rings. The molecular weight excluding hydrogens is 453 g/mol. The lowest BCUT2D eigenvalue weighted by Crippen LogP contribution is -2.21. The zero-order chi connectivity index (χ0) is 22.4. The molecule has 31 heavy (non-hydrogen) atoms. The number of fused-ring (bicyclic) bond motifs is 1. The van der Waals surface area contributed by atoms with Crippen LogP contribution in [0.1, 0.15) is 11.1 Å². The van der Waals surface area contributed by atoms with E-state index >= 15 is 0 Å². The molecular formula is C18H15F3N6O2S2. The Labute approximate surface area is 178 Å². The summed E-state index contributed by atoms with van der Waals surface area (Å²) in [7, 11) is -3.32. The van der Waals surface area contributed by atoms with E-state index in [1.807, 2.05) is 6.07 Å². The zero-order valence-electron chi connectivity index (χ0n) is 15.9. The van der Waals surface area contributed by atoms with Crippen LogP contribution in [0.25, 0.3) is 26.8 Å². The lowest BCUT2D eigenvalue weighted by Gasteiger charge is -2.09. The number of sulfonamides is 1. The third-order valence-corrected chi connectivity index (χ3v) is 5.92. The normalized spacial score (nSPS) is 12.5. The first kappa shape index (κ1) is 21.2. The molecule has 0 aliphatic rings. The lowest BCUT2D eigenvalue weighted by atomic mass is 10.1. The topological polar surface area (TPSA) is 115 Å². The Balaban J connectivity index is 1.63. The molecule has 162 valence electrons. The number of alkyl halides is 3. The summed E-state index contributed by atoms with van der Waals surface area (Å²) in [6, 6.07) is 8.10. The summed E-state index contributed by atoms with van der Waals surface area (Å²) in [4.78, 5) is 8.46. The molecule has 8 nitrogen and oxygen atoms in total. The molecule has 0 radical (unpaired) electrons. The summed E-state index contributed by atoms with van der Waals surface area (Å²) < 4.78 is 65.7. The van der Waals surface area contributed by atoms with Gasteiger partial charge in [0.05, 0.1) is 23.7 Å². The number of pyridine rings is 1. The molecule has 1 aromatic carbocycles. The average molecular weight is 468 g/mol. The Kier molecular flexibility index (Phi) is 5.19. The number of nitrogens with one attached hydrogen (secondary N) is 1. The molecule has 0 atom stereocenters. The fraction of sp³-hybridized carbons (Fsp3) is 0.167. The minimum Gasteiger partial charge on any atom is -0.383 e. The molecule has 0 spiro atoms. The van der Waals surface area contributed by atoms with Crippen LogP contribution in [0, 0.1) is 0 Å². The number of imidazole rings is 1. The molecule has 3 heterocycles. The van der Waals surface area contributed by atoms with Crippen molar-refractivity contribution in [2.24, 2.45) is 0 Å². The van der Waals surface area contributed by atoms with Gasteiger partial charge >= 0.3 is 6.18 Å². The van der Waals surface area contributed by atoms with Gasteiger partial charge in [0.15, 0.2) is 0 Å². The van der Waals surface area contributed by atoms with Gasteiger partial charge in [-0.3, -0.25) is 0 Å². The Morgan fingerprint density at radius 3 is 2.68 bits per heavy atom. The Morgan fingerprint density at radius 1 is 1.23 bits per heavy atom. The molecule has 0 aliphatic heterocycles. The van der Waals surface area contributed by atoms with Gasteiger partial charge in [0, 0.05) is 23.9 Å². The van der Waals surface area contributed by atoms with E-state index in [-0.39, 0.29) is 17.8 Å². The predicted molar refractivity (Wildman–Crippen MR) is 111 cm³/mol. The second-order valence-electron chi connectivity index (χ2n) is 6.71. The van der Waals surface area contributed by atoms with E-state index in [1.165, 1.54) is 28.2 Å². The van der Waals surface area contributed by atoms with E-state index in [4.69, 9.17) is 5.73 Å². The highest BCUT2D eigenvalue weighted by Gasteiger charge is 2.34. The van der Waals surface area contributed by atoms with Crippen LogP contribution in [0.15, 0.2) is 42.7 Å². The number of hydrogen-bond acceptors (Lipinski definition) is 7. The third kappa shape index (κ3) is 4.68. The maximum absolute atomic E-state index is 13.1. The predicted octanol–water partition coefficient (Wildman–Crippen LogP) is 3.17. The molecule has 0 unspecified atom stereocenters. The Hall–Kier alpha value is -3.03. The van der Waals surface area contributed by atoms with Crippen molar-refractivity contribution in [1.82, 2.24) is 24.3 Å². The van der Waals surface area contributed by atoms with Crippen LogP contribution in [0.2, 0.25) is 0 Å². The molecule has 3 N–H and O–H groups in total. The van der Waals surface area contributed by atoms with Gasteiger partial charge in [-0.1, -0.05) is 29.5 Å². The number of halogens is 3. The summed E-state index contributed by atoms with van der Waals surface area (Å²) >= 11 is 1.25. The van der Waals surface area contributed by atoms with Gasteiger partial charge in [-0.15, -0.1) is 0 Å². The molecule has 0 fully saturated rings. The zero-order valence-corrected chi connectivity index (χ0v) is 17.5. The van der Waals surface area contributed by atoms with Gasteiger partial charge in [-0.25, -0.2) is 27.6 Å². The van der Waals surface area contributed by atoms with Crippen molar-refractivity contribution in [3.05, 3.63) is 53.9 Å². The van der Waals surface area contributed by atoms with Gasteiger partial charge in [-0.2, -0.15) is 18.3 Å². The standard InChI is InChI=1S/C18H15F3N6O2S2/c1-31(28,29)24-7-10-3-2-4-11(5-10)16-26-27-9-14(25-17(27)30-16)12-6-13(18(19,20)21)15(22)23-8-12/h2-6,8-9,24H,7H2,1H3,(H2,22,23). The van der Waals surface area contributed by atoms with Crippen molar-refractivity contribution in [2.45, 2.75) is 12.7 Å². The largest absolute Gasteiger partial charge is 0.419 e. The maximum atomic E-state index is 13.1. The maximum Gasteiger partial charge on any atom is 0.419 e. The fourth-order valence-electron chi connectivity index (χ4n) is 2.83. The Morgan fingerprint density at radius 2 is 2.00 bits per heavy atom. The van der Waals surface area contributed by atoms with Crippen LogP contribution >= 0.6 is 11.3 Å². The minimum absolute atomic E-state index is 0.144. The minimum atomic E-state index is -4.62. The second kappa shape index (κ2) is 7.59. The van der Waals surface area contributed by atoms with Crippen molar-refractivity contribution < 1.29 is 21.6 Å². The first-order chi connectivity index (χ1) is 14.5. The van der Waals surface area contributed by atoms with Crippen molar-refractivity contribution >= 4 is 32.1 Å². The fourth-order valence-corrected chi connectivity index (χ4v) is 4.13. The van der Waals surface area contributed by atoms with Gasteiger partial charge in [0.25, 0.3) is 0 Å². The van der Waals surface area contributed by atoms with Crippen LogP contribution in [-0.4, -0.2) is 34.3 Å². The summed E-state index contributed by atoms with van der Waals surface area (Å²) in [5.41, 5.74) is 6.30. The van der Waals surface area contributed by atoms with Crippen LogP contribution in [0.4, 0.5) is 19.0 Å². The second-order valence-corrected chi connectivity index (χ2v) is 9.50. The van der Waals surface area contributed by atoms with Crippen LogP contribution in [0.5, 0.6) is 0 Å². The molecule has 0 amide bonds. The van der Waals surface area contributed by atoms with Crippen LogP contribution in [0.3, 0.4) is 0 Å². The molecule has 0 bridgehead atoms. The third-order valence-electron chi connectivity index (χ3n) is 4.28. The van der Waals surface area contributed by atoms with E-state index in [0.29, 0.717) is 9.97 Å². The number of rotatable bonds is 5. The van der Waals surface area contributed by atoms with E-state index in [0.717, 1.165) is 23.4 Å². The van der Waals surface area contributed by atoms with Crippen molar-refractivity contribution in [3.8, 4) is 21.8 Å². The highest BCUT2D eigenvalue weighted by molar-refractivity contribution is 7.88. The summed E-state index contributed by atoms with van der Waals surface area (Å²) in [5.74, 6) is -0.595. The number of nitrogen functional groups attached to an aromatic ring is 1.